The van der Waals surface area contributed by atoms with Gasteiger partial charge in [0, 0.05) is 29.2 Å². The van der Waals surface area contributed by atoms with E-state index in [4.69, 9.17) is 4.74 Å². The molecule has 0 radical (unpaired) electrons. The number of aromatic nitrogens is 2. The Balaban J connectivity index is 1.93. The number of hydrogen-bond acceptors (Lipinski definition) is 4. The van der Waals surface area contributed by atoms with Gasteiger partial charge in [-0.15, -0.1) is 0 Å². The number of pyridine rings is 2. The van der Waals surface area contributed by atoms with Crippen molar-refractivity contribution < 1.29 is 4.74 Å². The van der Waals surface area contributed by atoms with E-state index in [0.717, 1.165) is 16.7 Å². The largest absolute Gasteiger partial charge is 0.497 e. The van der Waals surface area contributed by atoms with Gasteiger partial charge in [0.15, 0.2) is 0 Å². The molecule has 0 unspecified atom stereocenters. The summed E-state index contributed by atoms with van der Waals surface area (Å²) in [5.41, 5.74) is 1.31. The van der Waals surface area contributed by atoms with Crippen LogP contribution in [0, 0.1) is 0 Å². The predicted molar refractivity (Wildman–Crippen MR) is 85.5 cm³/mol. The third-order valence-electron chi connectivity index (χ3n) is 3.42. The van der Waals surface area contributed by atoms with Gasteiger partial charge in [0.25, 0.3) is 11.1 Å². The maximum Gasteiger partial charge on any atom is 0.271 e. The van der Waals surface area contributed by atoms with E-state index in [1.807, 2.05) is 6.07 Å². The van der Waals surface area contributed by atoms with Crippen LogP contribution in [-0.4, -0.2) is 17.1 Å². The smallest absolute Gasteiger partial charge is 0.271 e. The molecule has 112 valence electrons. The average molecular weight is 297 g/mol. The number of rotatable bonds is 4. The highest BCUT2D eigenvalue weighted by molar-refractivity contribution is 5.80. The van der Waals surface area contributed by atoms with E-state index >= 15 is 0 Å². The van der Waals surface area contributed by atoms with Gasteiger partial charge in [0.2, 0.25) is 0 Å². The summed E-state index contributed by atoms with van der Waals surface area (Å²) in [6, 6.07) is 10.6. The van der Waals surface area contributed by atoms with Crippen LogP contribution < -0.4 is 21.2 Å². The van der Waals surface area contributed by atoms with E-state index in [1.54, 1.807) is 43.6 Å². The summed E-state index contributed by atoms with van der Waals surface area (Å²) in [6.07, 6.45) is 1.56. The van der Waals surface area contributed by atoms with Crippen molar-refractivity contribution in [3.63, 3.8) is 0 Å². The Kier molecular flexibility index (Phi) is 3.65. The Bertz CT molecular complexity index is 928. The number of anilines is 1. The van der Waals surface area contributed by atoms with Crippen LogP contribution in [-0.2, 0) is 6.54 Å². The summed E-state index contributed by atoms with van der Waals surface area (Å²) in [4.78, 5) is 29.1. The molecule has 0 saturated carbocycles. The van der Waals surface area contributed by atoms with E-state index < -0.39 is 0 Å². The van der Waals surface area contributed by atoms with E-state index in [0.29, 0.717) is 11.3 Å². The molecule has 0 aliphatic carbocycles. The lowest BCUT2D eigenvalue weighted by Crippen LogP contribution is -2.18. The van der Waals surface area contributed by atoms with Gasteiger partial charge < -0.3 is 20.0 Å². The van der Waals surface area contributed by atoms with E-state index in [2.05, 4.69) is 15.3 Å². The minimum atomic E-state index is -0.221. The molecular weight excluding hydrogens is 282 g/mol. The molecule has 0 aliphatic rings. The molecular formula is C16H15N3O3. The molecule has 2 heterocycles. The predicted octanol–water partition coefficient (Wildman–Crippen LogP) is 1.84. The molecule has 0 aliphatic heterocycles. The second-order valence-electron chi connectivity index (χ2n) is 4.84. The second-order valence-corrected chi connectivity index (χ2v) is 4.84. The summed E-state index contributed by atoms with van der Waals surface area (Å²) in [5, 5.41) is 3.84. The van der Waals surface area contributed by atoms with Crippen LogP contribution in [0.4, 0.5) is 5.69 Å². The first-order valence-electron chi connectivity index (χ1n) is 6.79. The van der Waals surface area contributed by atoms with Gasteiger partial charge in [-0.3, -0.25) is 9.59 Å². The molecule has 3 aromatic rings. The summed E-state index contributed by atoms with van der Waals surface area (Å²) < 4.78 is 5.18. The zero-order chi connectivity index (χ0) is 15.5. The van der Waals surface area contributed by atoms with Crippen LogP contribution in [0.25, 0.3) is 10.9 Å². The standard InChI is InChI=1S/C16H15N3O3/c1-22-12-4-5-13-10(8-12)7-11(15(20)19-13)9-18-14-3-2-6-17-16(14)21/h2-8,18H,9H2,1H3,(H,17,21)(H,19,20). The molecule has 0 spiro atoms. The Hall–Kier alpha value is -3.02. The maximum atomic E-state index is 12.1. The topological polar surface area (TPSA) is 87.0 Å². The first-order chi connectivity index (χ1) is 10.7. The molecule has 6 heteroatoms. The van der Waals surface area contributed by atoms with Crippen molar-refractivity contribution in [2.45, 2.75) is 6.54 Å². The third-order valence-corrected chi connectivity index (χ3v) is 3.42. The van der Waals surface area contributed by atoms with Gasteiger partial charge in [-0.05, 0) is 36.4 Å². The molecule has 2 aromatic heterocycles. The molecule has 1 aromatic carbocycles. The van der Waals surface area contributed by atoms with Gasteiger partial charge in [0.05, 0.1) is 7.11 Å². The molecule has 0 fully saturated rings. The van der Waals surface area contributed by atoms with Crippen molar-refractivity contribution in [1.82, 2.24) is 9.97 Å². The van der Waals surface area contributed by atoms with Crippen LogP contribution in [0.3, 0.4) is 0 Å². The van der Waals surface area contributed by atoms with E-state index in [1.165, 1.54) is 0 Å². The molecule has 0 atom stereocenters. The monoisotopic (exact) mass is 297 g/mol. The maximum absolute atomic E-state index is 12.1. The Morgan fingerprint density at radius 3 is 2.77 bits per heavy atom. The Morgan fingerprint density at radius 1 is 1.14 bits per heavy atom. The summed E-state index contributed by atoms with van der Waals surface area (Å²) >= 11 is 0. The first kappa shape index (κ1) is 13.9. The van der Waals surface area contributed by atoms with Crippen molar-refractivity contribution in [2.75, 3.05) is 12.4 Å². The summed E-state index contributed by atoms with van der Waals surface area (Å²) in [5.74, 6) is 0.720. The molecule has 0 bridgehead atoms. The number of methoxy groups -OCH3 is 1. The van der Waals surface area contributed by atoms with Gasteiger partial charge in [0.1, 0.15) is 11.4 Å². The first-order valence-corrected chi connectivity index (χ1v) is 6.79. The summed E-state index contributed by atoms with van der Waals surface area (Å²) in [7, 11) is 1.59. The zero-order valence-corrected chi connectivity index (χ0v) is 12.0. The fourth-order valence-corrected chi connectivity index (χ4v) is 2.24. The number of H-pyrrole nitrogens is 2. The Morgan fingerprint density at radius 2 is 2.00 bits per heavy atom. The van der Waals surface area contributed by atoms with Crippen molar-refractivity contribution in [3.05, 3.63) is 68.9 Å². The quantitative estimate of drug-likeness (QED) is 0.685. The van der Waals surface area contributed by atoms with Crippen molar-refractivity contribution in [2.24, 2.45) is 0 Å². The molecule has 0 saturated heterocycles. The highest BCUT2D eigenvalue weighted by atomic mass is 16.5. The lowest BCUT2D eigenvalue weighted by Gasteiger charge is -2.07. The molecule has 3 N–H and O–H groups in total. The number of ether oxygens (including phenoxy) is 1. The molecule has 0 amide bonds. The van der Waals surface area contributed by atoms with E-state index in [9.17, 15) is 9.59 Å². The fourth-order valence-electron chi connectivity index (χ4n) is 2.24. The SMILES string of the molecule is COc1ccc2[nH]c(=O)c(CNc3ccc[nH]c3=O)cc2c1. The highest BCUT2D eigenvalue weighted by Crippen LogP contribution is 2.18. The van der Waals surface area contributed by atoms with E-state index in [-0.39, 0.29) is 17.7 Å². The Labute approximate surface area is 125 Å². The lowest BCUT2D eigenvalue weighted by atomic mass is 10.1. The number of aromatic amines is 2. The number of benzene rings is 1. The van der Waals surface area contributed by atoms with Crippen molar-refractivity contribution in [1.29, 1.82) is 0 Å². The van der Waals surface area contributed by atoms with Gasteiger partial charge in [-0.25, -0.2) is 0 Å². The fraction of sp³-hybridized carbons (Fsp3) is 0.125. The highest BCUT2D eigenvalue weighted by Gasteiger charge is 2.05. The normalized spacial score (nSPS) is 10.6. The number of nitrogens with one attached hydrogen (secondary N) is 3. The molecule has 3 rings (SSSR count). The minimum absolute atomic E-state index is 0.183. The van der Waals surface area contributed by atoms with Crippen LogP contribution in [0.5, 0.6) is 5.75 Å². The second kappa shape index (κ2) is 5.77. The zero-order valence-electron chi connectivity index (χ0n) is 12.0. The minimum Gasteiger partial charge on any atom is -0.497 e. The van der Waals surface area contributed by atoms with Crippen LogP contribution in [0.15, 0.2) is 52.2 Å². The van der Waals surface area contributed by atoms with Crippen molar-refractivity contribution >= 4 is 16.6 Å². The number of fused-ring (bicyclic) bond motifs is 1. The summed E-state index contributed by atoms with van der Waals surface area (Å²) in [6.45, 7) is 0.260. The lowest BCUT2D eigenvalue weighted by molar-refractivity contribution is 0.415. The van der Waals surface area contributed by atoms with Crippen LogP contribution >= 0.6 is 0 Å². The van der Waals surface area contributed by atoms with Crippen LogP contribution in [0.2, 0.25) is 0 Å². The average Bonchev–Trinajstić information content (AvgIpc) is 2.54. The molecule has 22 heavy (non-hydrogen) atoms. The van der Waals surface area contributed by atoms with Crippen molar-refractivity contribution in [3.8, 4) is 5.75 Å². The third kappa shape index (κ3) is 2.71. The van der Waals surface area contributed by atoms with Gasteiger partial charge >= 0.3 is 0 Å². The van der Waals surface area contributed by atoms with Gasteiger partial charge in [-0.1, -0.05) is 0 Å². The van der Waals surface area contributed by atoms with Gasteiger partial charge in [-0.2, -0.15) is 0 Å². The number of hydrogen-bond donors (Lipinski definition) is 3. The van der Waals surface area contributed by atoms with Crippen LogP contribution in [0.1, 0.15) is 5.56 Å². The molecule has 6 nitrogen and oxygen atoms in total.